The predicted molar refractivity (Wildman–Crippen MR) is 66.4 cm³/mol. The van der Waals surface area contributed by atoms with E-state index in [-0.39, 0.29) is 11.5 Å². The van der Waals surface area contributed by atoms with Crippen LogP contribution >= 0.6 is 0 Å². The van der Waals surface area contributed by atoms with Crippen molar-refractivity contribution >= 4 is 5.91 Å². The van der Waals surface area contributed by atoms with E-state index in [1.54, 1.807) is 31.6 Å². The molecule has 3 nitrogen and oxygen atoms in total. The van der Waals surface area contributed by atoms with E-state index in [0.717, 1.165) is 17.7 Å². The van der Waals surface area contributed by atoms with Crippen LogP contribution in [-0.4, -0.2) is 22.8 Å². The Kier molecular flexibility index (Phi) is 3.85. The second kappa shape index (κ2) is 5.56. The van der Waals surface area contributed by atoms with Crippen LogP contribution in [0.5, 0.6) is 0 Å². The minimum atomic E-state index is -1.02. The molecule has 1 aromatic heterocycles. The van der Waals surface area contributed by atoms with Gasteiger partial charge in [0.15, 0.2) is 11.6 Å². The number of benzene rings is 1. The first-order valence-corrected chi connectivity index (χ1v) is 5.67. The Bertz CT molecular complexity index is 587. The summed E-state index contributed by atoms with van der Waals surface area (Å²) < 4.78 is 25.9. The monoisotopic (exact) mass is 262 g/mol. The number of nitrogens with zero attached hydrogens (tertiary/aromatic N) is 2. The number of aromatic nitrogens is 1. The highest BCUT2D eigenvalue weighted by molar-refractivity contribution is 5.94. The van der Waals surface area contributed by atoms with Crippen LogP contribution in [0.1, 0.15) is 15.9 Å². The molecule has 0 aliphatic heterocycles. The lowest BCUT2D eigenvalue weighted by Crippen LogP contribution is -2.26. The molecule has 2 aromatic rings. The number of amides is 1. The molecular weight excluding hydrogens is 250 g/mol. The number of hydrogen-bond acceptors (Lipinski definition) is 2. The Balaban J connectivity index is 2.12. The summed E-state index contributed by atoms with van der Waals surface area (Å²) in [5.74, 6) is -2.35. The summed E-state index contributed by atoms with van der Waals surface area (Å²) in [4.78, 5) is 17.3. The molecular formula is C14H12F2N2O. The second-order valence-corrected chi connectivity index (χ2v) is 4.15. The van der Waals surface area contributed by atoms with Crippen molar-refractivity contribution in [2.45, 2.75) is 6.54 Å². The van der Waals surface area contributed by atoms with E-state index in [2.05, 4.69) is 4.98 Å². The molecule has 0 fully saturated rings. The quantitative estimate of drug-likeness (QED) is 0.852. The zero-order chi connectivity index (χ0) is 13.8. The molecule has 0 aliphatic carbocycles. The van der Waals surface area contributed by atoms with Gasteiger partial charge in [-0.15, -0.1) is 0 Å². The molecule has 0 bridgehead atoms. The summed E-state index contributed by atoms with van der Waals surface area (Å²) in [6, 6.07) is 6.69. The van der Waals surface area contributed by atoms with Gasteiger partial charge in [-0.3, -0.25) is 9.78 Å². The molecule has 0 saturated carbocycles. The van der Waals surface area contributed by atoms with Gasteiger partial charge in [0.2, 0.25) is 0 Å². The third kappa shape index (κ3) is 3.13. The fourth-order valence-electron chi connectivity index (χ4n) is 1.68. The van der Waals surface area contributed by atoms with Gasteiger partial charge >= 0.3 is 0 Å². The molecule has 0 unspecified atom stereocenters. The summed E-state index contributed by atoms with van der Waals surface area (Å²) in [7, 11) is 1.60. The van der Waals surface area contributed by atoms with Crippen molar-refractivity contribution in [3.8, 4) is 0 Å². The molecule has 0 N–H and O–H groups in total. The van der Waals surface area contributed by atoms with E-state index in [0.29, 0.717) is 6.54 Å². The maximum absolute atomic E-state index is 13.1. The van der Waals surface area contributed by atoms with Crippen LogP contribution in [0.3, 0.4) is 0 Å². The third-order valence-corrected chi connectivity index (χ3v) is 2.68. The molecule has 1 heterocycles. The Labute approximate surface area is 109 Å². The van der Waals surface area contributed by atoms with Gasteiger partial charge in [-0.25, -0.2) is 8.78 Å². The minimum absolute atomic E-state index is 0.121. The average Bonchev–Trinajstić information content (AvgIpc) is 2.42. The Morgan fingerprint density at radius 3 is 2.47 bits per heavy atom. The minimum Gasteiger partial charge on any atom is -0.337 e. The van der Waals surface area contributed by atoms with Crippen LogP contribution < -0.4 is 0 Å². The third-order valence-electron chi connectivity index (χ3n) is 2.68. The van der Waals surface area contributed by atoms with Crippen LogP contribution in [0.15, 0.2) is 42.7 Å². The van der Waals surface area contributed by atoms with E-state index in [1.165, 1.54) is 11.0 Å². The van der Waals surface area contributed by atoms with Crippen LogP contribution in [-0.2, 0) is 6.54 Å². The molecule has 0 atom stereocenters. The number of halogens is 2. The van der Waals surface area contributed by atoms with Crippen molar-refractivity contribution in [3.05, 3.63) is 65.5 Å². The van der Waals surface area contributed by atoms with E-state index in [9.17, 15) is 13.6 Å². The topological polar surface area (TPSA) is 33.2 Å². The maximum atomic E-state index is 13.1. The van der Waals surface area contributed by atoms with Gasteiger partial charge in [-0.05, 0) is 35.9 Å². The number of rotatable bonds is 3. The van der Waals surface area contributed by atoms with Gasteiger partial charge in [-0.2, -0.15) is 0 Å². The number of pyridine rings is 1. The normalized spacial score (nSPS) is 10.3. The van der Waals surface area contributed by atoms with Crippen LogP contribution in [0, 0.1) is 11.6 Å². The Hall–Kier alpha value is -2.30. The Morgan fingerprint density at radius 2 is 1.84 bits per heavy atom. The molecule has 19 heavy (non-hydrogen) atoms. The highest BCUT2D eigenvalue weighted by atomic mass is 19.2. The van der Waals surface area contributed by atoms with Crippen LogP contribution in [0.4, 0.5) is 8.78 Å². The second-order valence-electron chi connectivity index (χ2n) is 4.15. The maximum Gasteiger partial charge on any atom is 0.254 e. The highest BCUT2D eigenvalue weighted by Crippen LogP contribution is 2.12. The smallest absolute Gasteiger partial charge is 0.254 e. The predicted octanol–water partition coefficient (Wildman–Crippen LogP) is 2.63. The van der Waals surface area contributed by atoms with Crippen LogP contribution in [0.2, 0.25) is 0 Å². The largest absolute Gasteiger partial charge is 0.337 e. The standard InChI is InChI=1S/C14H12F2N2O/c1-18(9-10-4-6-17-7-5-10)14(19)11-2-3-12(15)13(16)8-11/h2-8H,9H2,1H3. The number of carbonyl (C=O) groups is 1. The molecule has 5 heteroatoms. The lowest BCUT2D eigenvalue weighted by atomic mass is 10.1. The molecule has 98 valence electrons. The van der Waals surface area contributed by atoms with Crippen molar-refractivity contribution in [2.75, 3.05) is 7.05 Å². The average molecular weight is 262 g/mol. The highest BCUT2D eigenvalue weighted by Gasteiger charge is 2.14. The van der Waals surface area contributed by atoms with Crippen molar-refractivity contribution in [2.24, 2.45) is 0 Å². The first kappa shape index (κ1) is 13.1. The molecule has 0 aliphatic rings. The number of carbonyl (C=O) groups excluding carboxylic acids is 1. The van der Waals surface area contributed by atoms with E-state index in [1.807, 2.05) is 0 Å². The first-order valence-electron chi connectivity index (χ1n) is 5.67. The lowest BCUT2D eigenvalue weighted by molar-refractivity contribution is 0.0784. The molecule has 0 saturated heterocycles. The zero-order valence-corrected chi connectivity index (χ0v) is 10.3. The van der Waals surface area contributed by atoms with Crippen molar-refractivity contribution < 1.29 is 13.6 Å². The lowest BCUT2D eigenvalue weighted by Gasteiger charge is -2.17. The summed E-state index contributed by atoms with van der Waals surface area (Å²) in [6.07, 6.45) is 3.26. The summed E-state index contributed by atoms with van der Waals surface area (Å²) in [6.45, 7) is 0.375. The van der Waals surface area contributed by atoms with E-state index < -0.39 is 11.6 Å². The summed E-state index contributed by atoms with van der Waals surface area (Å²) >= 11 is 0. The van der Waals surface area contributed by atoms with Gasteiger partial charge in [0.1, 0.15) is 0 Å². The zero-order valence-electron chi connectivity index (χ0n) is 10.3. The van der Waals surface area contributed by atoms with E-state index >= 15 is 0 Å². The molecule has 1 aromatic carbocycles. The van der Waals surface area contributed by atoms with Crippen molar-refractivity contribution in [1.82, 2.24) is 9.88 Å². The SMILES string of the molecule is CN(Cc1ccncc1)C(=O)c1ccc(F)c(F)c1. The molecule has 1 amide bonds. The fraction of sp³-hybridized carbons (Fsp3) is 0.143. The van der Waals surface area contributed by atoms with Gasteiger partial charge in [-0.1, -0.05) is 0 Å². The Morgan fingerprint density at radius 1 is 1.16 bits per heavy atom. The van der Waals surface area contributed by atoms with Gasteiger partial charge in [0.05, 0.1) is 0 Å². The van der Waals surface area contributed by atoms with Gasteiger partial charge in [0.25, 0.3) is 5.91 Å². The van der Waals surface area contributed by atoms with Crippen molar-refractivity contribution in [1.29, 1.82) is 0 Å². The van der Waals surface area contributed by atoms with Crippen LogP contribution in [0.25, 0.3) is 0 Å². The molecule has 0 radical (unpaired) electrons. The number of hydrogen-bond donors (Lipinski definition) is 0. The van der Waals surface area contributed by atoms with Gasteiger partial charge in [0, 0.05) is 31.5 Å². The van der Waals surface area contributed by atoms with Gasteiger partial charge < -0.3 is 4.90 Å². The molecule has 2 rings (SSSR count). The summed E-state index contributed by atoms with van der Waals surface area (Å²) in [5.41, 5.74) is 1.03. The fourth-order valence-corrected chi connectivity index (χ4v) is 1.68. The first-order chi connectivity index (χ1) is 9.08. The molecule has 0 spiro atoms. The summed E-state index contributed by atoms with van der Waals surface area (Å²) in [5, 5.41) is 0. The van der Waals surface area contributed by atoms with Crippen molar-refractivity contribution in [3.63, 3.8) is 0 Å². The van der Waals surface area contributed by atoms with E-state index in [4.69, 9.17) is 0 Å².